The average molecular weight is 539 g/mol. The van der Waals surface area contributed by atoms with Gasteiger partial charge in [0.2, 0.25) is 11.7 Å². The van der Waals surface area contributed by atoms with E-state index < -0.39 is 18.6 Å². The first-order valence-electron chi connectivity index (χ1n) is 13.6. The highest BCUT2D eigenvalue weighted by Gasteiger charge is 2.17. The number of benzene rings is 2. The van der Waals surface area contributed by atoms with Crippen LogP contribution in [0.3, 0.4) is 0 Å². The van der Waals surface area contributed by atoms with Crippen molar-refractivity contribution in [3.05, 3.63) is 52.6 Å². The highest BCUT2D eigenvalue weighted by molar-refractivity contribution is 5.76. The monoisotopic (exact) mass is 538 g/mol. The molecule has 39 heavy (non-hydrogen) atoms. The summed E-state index contributed by atoms with van der Waals surface area (Å²) in [5.41, 5.74) is 6.01. The van der Waals surface area contributed by atoms with E-state index >= 15 is 0 Å². The molecule has 0 saturated carbocycles. The Morgan fingerprint density at radius 1 is 1.10 bits per heavy atom. The van der Waals surface area contributed by atoms with Crippen molar-refractivity contribution in [3.63, 3.8) is 0 Å². The lowest BCUT2D eigenvalue weighted by atomic mass is 10.0. The summed E-state index contributed by atoms with van der Waals surface area (Å²) in [5.74, 6) is 1.72. The van der Waals surface area contributed by atoms with E-state index in [2.05, 4.69) is 61.4 Å². The van der Waals surface area contributed by atoms with E-state index in [1.54, 1.807) is 0 Å². The van der Waals surface area contributed by atoms with E-state index in [4.69, 9.17) is 19.4 Å². The van der Waals surface area contributed by atoms with Gasteiger partial charge in [-0.3, -0.25) is 4.79 Å². The summed E-state index contributed by atoms with van der Waals surface area (Å²) in [5, 5.41) is 25.7. The van der Waals surface area contributed by atoms with Gasteiger partial charge in [-0.05, 0) is 79.3 Å². The van der Waals surface area contributed by atoms with Crippen molar-refractivity contribution in [2.24, 2.45) is 5.92 Å². The van der Waals surface area contributed by atoms with Crippen LogP contribution in [-0.2, 0) is 24.2 Å². The Morgan fingerprint density at radius 2 is 1.85 bits per heavy atom. The van der Waals surface area contributed by atoms with Gasteiger partial charge >= 0.3 is 0 Å². The van der Waals surface area contributed by atoms with E-state index in [1.165, 1.54) is 11.1 Å². The Labute approximate surface area is 231 Å². The molecule has 0 fully saturated rings. The fraction of sp³-hybridized carbons (Fsp3) is 0.500. The maximum absolute atomic E-state index is 11.2. The van der Waals surface area contributed by atoms with Gasteiger partial charge in [0.15, 0.2) is 0 Å². The van der Waals surface area contributed by atoms with Crippen LogP contribution in [0.2, 0.25) is 0 Å². The highest BCUT2D eigenvalue weighted by atomic mass is 16.5. The SMILES string of the molecule is CCc1cc(CN(C)CC(C)C)cc(-c2nc(-c3cc(C)c(OCC(O)CNC(=O)CO)c(CC)c3)no2)c1. The summed E-state index contributed by atoms with van der Waals surface area (Å²) in [4.78, 5) is 18.3. The van der Waals surface area contributed by atoms with E-state index in [0.717, 1.165) is 41.8 Å². The minimum absolute atomic E-state index is 0.00141. The van der Waals surface area contributed by atoms with Gasteiger partial charge in [0.05, 0.1) is 0 Å². The first-order chi connectivity index (χ1) is 18.6. The number of aromatic nitrogens is 2. The van der Waals surface area contributed by atoms with Gasteiger partial charge in [-0.15, -0.1) is 0 Å². The molecular weight excluding hydrogens is 496 g/mol. The highest BCUT2D eigenvalue weighted by Crippen LogP contribution is 2.32. The lowest BCUT2D eigenvalue weighted by Crippen LogP contribution is -2.36. The first kappa shape index (κ1) is 30.3. The maximum atomic E-state index is 11.2. The molecule has 3 aromatic rings. The Morgan fingerprint density at radius 3 is 2.51 bits per heavy atom. The molecular formula is C30H42N4O5. The lowest BCUT2D eigenvalue weighted by Gasteiger charge is -2.19. The van der Waals surface area contributed by atoms with Crippen LogP contribution in [-0.4, -0.2) is 70.6 Å². The number of ether oxygens (including phenoxy) is 1. The third-order valence-electron chi connectivity index (χ3n) is 6.35. The van der Waals surface area contributed by atoms with Crippen LogP contribution < -0.4 is 10.1 Å². The molecule has 0 spiro atoms. The second-order valence-electron chi connectivity index (χ2n) is 10.5. The summed E-state index contributed by atoms with van der Waals surface area (Å²) >= 11 is 0. The van der Waals surface area contributed by atoms with Crippen molar-refractivity contribution in [1.29, 1.82) is 0 Å². The molecule has 0 aliphatic heterocycles. The van der Waals surface area contributed by atoms with Gasteiger partial charge < -0.3 is 29.7 Å². The molecule has 0 aliphatic rings. The van der Waals surface area contributed by atoms with Gasteiger partial charge in [0.25, 0.3) is 5.89 Å². The topological polar surface area (TPSA) is 121 Å². The predicted octanol–water partition coefficient (Wildman–Crippen LogP) is 3.77. The molecule has 9 nitrogen and oxygen atoms in total. The maximum Gasteiger partial charge on any atom is 0.258 e. The minimum Gasteiger partial charge on any atom is -0.490 e. The fourth-order valence-electron chi connectivity index (χ4n) is 4.61. The van der Waals surface area contributed by atoms with Crippen molar-refractivity contribution in [1.82, 2.24) is 20.4 Å². The zero-order valence-corrected chi connectivity index (χ0v) is 24.0. The number of aliphatic hydroxyl groups is 2. The molecule has 3 rings (SSSR count). The molecule has 0 saturated heterocycles. The van der Waals surface area contributed by atoms with Gasteiger partial charge in [-0.25, -0.2) is 0 Å². The summed E-state index contributed by atoms with van der Waals surface area (Å²) in [7, 11) is 2.14. The fourth-order valence-corrected chi connectivity index (χ4v) is 4.61. The number of hydrogen-bond donors (Lipinski definition) is 3. The molecule has 1 amide bonds. The number of nitrogens with zero attached hydrogens (tertiary/aromatic N) is 3. The number of aryl methyl sites for hydroxylation is 3. The van der Waals surface area contributed by atoms with Gasteiger partial charge in [-0.2, -0.15) is 4.98 Å². The van der Waals surface area contributed by atoms with Crippen LogP contribution in [0.4, 0.5) is 0 Å². The first-order valence-corrected chi connectivity index (χ1v) is 13.6. The second kappa shape index (κ2) is 14.2. The molecule has 2 aromatic carbocycles. The average Bonchev–Trinajstić information content (AvgIpc) is 3.40. The number of rotatable bonds is 14. The molecule has 0 bridgehead atoms. The number of carbonyl (C=O) groups excluding carboxylic acids is 1. The van der Waals surface area contributed by atoms with Crippen molar-refractivity contribution < 1.29 is 24.3 Å². The van der Waals surface area contributed by atoms with E-state index in [-0.39, 0.29) is 13.2 Å². The molecule has 9 heteroatoms. The largest absolute Gasteiger partial charge is 0.490 e. The van der Waals surface area contributed by atoms with Gasteiger partial charge in [0.1, 0.15) is 25.1 Å². The minimum atomic E-state index is -0.905. The van der Waals surface area contributed by atoms with Crippen molar-refractivity contribution in [2.45, 2.75) is 60.1 Å². The zero-order chi connectivity index (χ0) is 28.5. The van der Waals surface area contributed by atoms with Crippen LogP contribution in [0, 0.1) is 12.8 Å². The molecule has 1 aromatic heterocycles. The van der Waals surface area contributed by atoms with Crippen LogP contribution in [0.1, 0.15) is 49.9 Å². The van der Waals surface area contributed by atoms with Crippen molar-refractivity contribution in [3.8, 4) is 28.6 Å². The van der Waals surface area contributed by atoms with Crippen molar-refractivity contribution in [2.75, 3.05) is 33.4 Å². The summed E-state index contributed by atoms with van der Waals surface area (Å²) in [6.45, 7) is 11.8. The van der Waals surface area contributed by atoms with E-state index in [0.29, 0.717) is 29.8 Å². The van der Waals surface area contributed by atoms with Crippen LogP contribution >= 0.6 is 0 Å². The normalized spacial score (nSPS) is 12.3. The number of carbonyl (C=O) groups is 1. The third-order valence-corrected chi connectivity index (χ3v) is 6.35. The lowest BCUT2D eigenvalue weighted by molar-refractivity contribution is -0.124. The number of aliphatic hydroxyl groups excluding tert-OH is 2. The quantitative estimate of drug-likeness (QED) is 0.284. The molecule has 0 aliphatic carbocycles. The molecule has 1 heterocycles. The number of amides is 1. The van der Waals surface area contributed by atoms with Crippen LogP contribution in [0.15, 0.2) is 34.9 Å². The molecule has 212 valence electrons. The Kier molecular flexibility index (Phi) is 11.0. The van der Waals surface area contributed by atoms with Crippen molar-refractivity contribution >= 4 is 5.91 Å². The Balaban J connectivity index is 1.80. The predicted molar refractivity (Wildman–Crippen MR) is 151 cm³/mol. The van der Waals surface area contributed by atoms with Crippen LogP contribution in [0.25, 0.3) is 22.8 Å². The number of hydrogen-bond acceptors (Lipinski definition) is 8. The van der Waals surface area contributed by atoms with Gasteiger partial charge in [0, 0.05) is 30.8 Å². The Hall–Kier alpha value is -3.27. The molecule has 0 radical (unpaired) electrons. The molecule has 1 unspecified atom stereocenters. The smallest absolute Gasteiger partial charge is 0.258 e. The zero-order valence-electron chi connectivity index (χ0n) is 24.0. The number of nitrogens with one attached hydrogen (secondary N) is 1. The summed E-state index contributed by atoms with van der Waals surface area (Å²) in [6, 6.07) is 10.4. The van der Waals surface area contributed by atoms with E-state index in [9.17, 15) is 9.90 Å². The van der Waals surface area contributed by atoms with Crippen LogP contribution in [0.5, 0.6) is 5.75 Å². The summed E-state index contributed by atoms with van der Waals surface area (Å²) < 4.78 is 11.6. The second-order valence-corrected chi connectivity index (χ2v) is 10.5. The molecule has 1 atom stereocenters. The Bertz CT molecular complexity index is 1240. The third kappa shape index (κ3) is 8.61. The molecule has 3 N–H and O–H groups in total. The summed E-state index contributed by atoms with van der Waals surface area (Å²) in [6.07, 6.45) is 0.717. The van der Waals surface area contributed by atoms with Gasteiger partial charge in [-0.1, -0.05) is 38.9 Å². The standard InChI is InChI=1S/C30H42N4O5/c1-7-21-10-22(16-34(6)15-19(3)4)12-25(11-21)30-32-29(33-39-30)24-9-20(5)28(23(8-2)13-24)38-18-26(36)14-31-27(37)17-35/h9-13,19,26,35-36H,7-8,14-18H2,1-6H3,(H,31,37). The van der Waals surface area contributed by atoms with E-state index in [1.807, 2.05) is 26.0 Å².